The number of hydrogen-bond donors (Lipinski definition) is 1. The summed E-state index contributed by atoms with van der Waals surface area (Å²) in [4.78, 5) is 30.3. The minimum atomic E-state index is -0.634. The Morgan fingerprint density at radius 3 is 2.57 bits per heavy atom. The van der Waals surface area contributed by atoms with Gasteiger partial charge >= 0.3 is 5.97 Å². The number of phenolic OH excluding ortho intramolecular Hbond substituents is 1. The number of benzene rings is 2. The van der Waals surface area contributed by atoms with Crippen LogP contribution in [0.4, 0.5) is 10.8 Å². The molecule has 0 aliphatic carbocycles. The van der Waals surface area contributed by atoms with Gasteiger partial charge in [0.1, 0.15) is 17.9 Å². The number of esters is 1. The number of rotatable bonds is 5. The molecule has 0 bridgehead atoms. The van der Waals surface area contributed by atoms with Gasteiger partial charge in [-0.15, -0.1) is 11.3 Å². The Morgan fingerprint density at radius 1 is 1.14 bits per heavy atom. The van der Waals surface area contributed by atoms with Crippen LogP contribution in [0.5, 0.6) is 5.75 Å². The first-order chi connectivity index (χ1) is 13.4. The van der Waals surface area contributed by atoms with E-state index in [4.69, 9.17) is 4.74 Å². The number of thiazole rings is 1. The van der Waals surface area contributed by atoms with Crippen LogP contribution in [0.2, 0.25) is 0 Å². The van der Waals surface area contributed by atoms with Gasteiger partial charge in [0.2, 0.25) is 5.91 Å². The molecule has 7 heteroatoms. The molecule has 3 rings (SSSR count). The molecular formula is C21H20N2O4S. The first-order valence-electron chi connectivity index (χ1n) is 8.64. The lowest BCUT2D eigenvalue weighted by molar-refractivity contribution is -0.115. The fourth-order valence-electron chi connectivity index (χ4n) is 2.62. The van der Waals surface area contributed by atoms with E-state index in [0.29, 0.717) is 10.8 Å². The third kappa shape index (κ3) is 4.20. The van der Waals surface area contributed by atoms with Crippen molar-refractivity contribution in [2.24, 2.45) is 0 Å². The molecule has 3 aromatic rings. The van der Waals surface area contributed by atoms with Crippen LogP contribution in [0.1, 0.15) is 34.1 Å². The molecule has 1 heterocycles. The van der Waals surface area contributed by atoms with Crippen molar-refractivity contribution >= 4 is 34.0 Å². The molecule has 0 saturated carbocycles. The molecule has 6 nitrogen and oxygen atoms in total. The average molecular weight is 396 g/mol. The zero-order valence-corrected chi connectivity index (χ0v) is 16.6. The van der Waals surface area contributed by atoms with Gasteiger partial charge in [0.05, 0.1) is 11.4 Å². The van der Waals surface area contributed by atoms with E-state index in [1.165, 1.54) is 35.3 Å². The molecule has 0 radical (unpaired) electrons. The third-order valence-corrected chi connectivity index (χ3v) is 5.14. The molecule has 0 aliphatic rings. The molecular weight excluding hydrogens is 376 g/mol. The number of anilines is 2. The molecule has 0 fully saturated rings. The Labute approximate surface area is 167 Å². The van der Waals surface area contributed by atoms with Crippen LogP contribution in [0, 0.1) is 13.8 Å². The van der Waals surface area contributed by atoms with Crippen molar-refractivity contribution in [2.45, 2.75) is 27.4 Å². The van der Waals surface area contributed by atoms with Gasteiger partial charge in [-0.2, -0.15) is 0 Å². The maximum Gasteiger partial charge on any atom is 0.342 e. The van der Waals surface area contributed by atoms with Crippen molar-refractivity contribution in [3.05, 3.63) is 70.2 Å². The zero-order chi connectivity index (χ0) is 20.3. The van der Waals surface area contributed by atoms with E-state index in [2.05, 4.69) is 4.98 Å². The highest BCUT2D eigenvalue weighted by Gasteiger charge is 2.19. The number of aromatic hydroxyl groups is 1. The predicted octanol–water partition coefficient (Wildman–Crippen LogP) is 4.51. The molecule has 1 aromatic heterocycles. The fourth-order valence-corrected chi connectivity index (χ4v) is 3.49. The monoisotopic (exact) mass is 396 g/mol. The van der Waals surface area contributed by atoms with E-state index in [9.17, 15) is 14.7 Å². The maximum absolute atomic E-state index is 12.2. The van der Waals surface area contributed by atoms with E-state index in [1.807, 2.05) is 32.0 Å². The van der Waals surface area contributed by atoms with Crippen LogP contribution >= 0.6 is 11.3 Å². The number of para-hydroxylation sites is 1. The van der Waals surface area contributed by atoms with Crippen LogP contribution in [0.25, 0.3) is 0 Å². The summed E-state index contributed by atoms with van der Waals surface area (Å²) in [5.41, 5.74) is 3.58. The number of ether oxygens (including phenoxy) is 1. The van der Waals surface area contributed by atoms with Crippen LogP contribution in [0.15, 0.2) is 47.8 Å². The highest BCUT2D eigenvalue weighted by Crippen LogP contribution is 2.30. The van der Waals surface area contributed by atoms with Crippen molar-refractivity contribution in [3.63, 3.8) is 0 Å². The Kier molecular flexibility index (Phi) is 5.75. The minimum Gasteiger partial charge on any atom is -0.507 e. The number of phenols is 1. The van der Waals surface area contributed by atoms with E-state index in [-0.39, 0.29) is 23.8 Å². The lowest BCUT2D eigenvalue weighted by Gasteiger charge is -2.19. The SMILES string of the molecule is CC(=O)N(c1ccc(C)c(C)c1)c1nc(COC(=O)c2ccccc2O)cs1. The maximum atomic E-state index is 12.2. The molecule has 0 unspecified atom stereocenters. The molecule has 1 N–H and O–H groups in total. The lowest BCUT2D eigenvalue weighted by atomic mass is 10.1. The first kappa shape index (κ1) is 19.6. The minimum absolute atomic E-state index is 0.0532. The second kappa shape index (κ2) is 8.22. The average Bonchev–Trinajstić information content (AvgIpc) is 3.11. The van der Waals surface area contributed by atoms with Gasteiger partial charge in [0.15, 0.2) is 5.13 Å². The number of hydrogen-bond acceptors (Lipinski definition) is 6. The van der Waals surface area contributed by atoms with Gasteiger partial charge in [-0.25, -0.2) is 9.78 Å². The van der Waals surface area contributed by atoms with Gasteiger partial charge in [-0.3, -0.25) is 9.69 Å². The van der Waals surface area contributed by atoms with E-state index in [1.54, 1.807) is 17.5 Å². The van der Waals surface area contributed by atoms with Gasteiger partial charge in [0.25, 0.3) is 0 Å². The molecule has 0 saturated heterocycles. The second-order valence-electron chi connectivity index (χ2n) is 6.34. The van der Waals surface area contributed by atoms with Crippen LogP contribution in [-0.4, -0.2) is 22.0 Å². The number of amides is 1. The number of aromatic nitrogens is 1. The molecule has 28 heavy (non-hydrogen) atoms. The smallest absolute Gasteiger partial charge is 0.342 e. The fraction of sp³-hybridized carbons (Fsp3) is 0.190. The van der Waals surface area contributed by atoms with Gasteiger partial charge < -0.3 is 9.84 Å². The quantitative estimate of drug-likeness (QED) is 0.642. The highest BCUT2D eigenvalue weighted by atomic mass is 32.1. The topological polar surface area (TPSA) is 79.7 Å². The van der Waals surface area contributed by atoms with Gasteiger partial charge in [-0.05, 0) is 49.2 Å². The normalized spacial score (nSPS) is 10.5. The van der Waals surface area contributed by atoms with E-state index in [0.717, 1.165) is 16.8 Å². The summed E-state index contributed by atoms with van der Waals surface area (Å²) in [5.74, 6) is -0.926. The van der Waals surface area contributed by atoms with Crippen LogP contribution in [-0.2, 0) is 16.1 Å². The number of carbonyl (C=O) groups is 2. The summed E-state index contributed by atoms with van der Waals surface area (Å²) in [7, 11) is 0. The third-order valence-electron chi connectivity index (χ3n) is 4.27. The standard InChI is InChI=1S/C21H20N2O4S/c1-13-8-9-17(10-14(13)2)23(15(3)24)21-22-16(12-28-21)11-27-20(26)18-6-4-5-7-19(18)25/h4-10,12,25H,11H2,1-3H3. The second-order valence-corrected chi connectivity index (χ2v) is 7.17. The molecule has 0 atom stereocenters. The largest absolute Gasteiger partial charge is 0.507 e. The Balaban J connectivity index is 1.76. The van der Waals surface area contributed by atoms with Gasteiger partial charge in [-0.1, -0.05) is 18.2 Å². The molecule has 0 aliphatic heterocycles. The van der Waals surface area contributed by atoms with Crippen molar-refractivity contribution in [1.29, 1.82) is 0 Å². The van der Waals surface area contributed by atoms with Crippen LogP contribution in [0.3, 0.4) is 0 Å². The lowest BCUT2D eigenvalue weighted by Crippen LogP contribution is -2.22. The first-order valence-corrected chi connectivity index (χ1v) is 9.52. The van der Waals surface area contributed by atoms with Crippen molar-refractivity contribution in [3.8, 4) is 5.75 Å². The summed E-state index contributed by atoms with van der Waals surface area (Å²) >= 11 is 1.29. The van der Waals surface area contributed by atoms with Crippen molar-refractivity contribution in [1.82, 2.24) is 4.98 Å². The van der Waals surface area contributed by atoms with Crippen molar-refractivity contribution in [2.75, 3.05) is 4.90 Å². The number of nitrogens with zero attached hydrogens (tertiary/aromatic N) is 2. The molecule has 0 spiro atoms. The summed E-state index contributed by atoms with van der Waals surface area (Å²) in [6.45, 7) is 5.43. The predicted molar refractivity (Wildman–Crippen MR) is 108 cm³/mol. The number of aryl methyl sites for hydroxylation is 2. The van der Waals surface area contributed by atoms with Crippen LogP contribution < -0.4 is 4.90 Å². The molecule has 2 aromatic carbocycles. The molecule has 144 valence electrons. The molecule has 1 amide bonds. The highest BCUT2D eigenvalue weighted by molar-refractivity contribution is 7.14. The number of carbonyl (C=O) groups excluding carboxylic acids is 2. The van der Waals surface area contributed by atoms with Gasteiger partial charge in [0, 0.05) is 12.3 Å². The van der Waals surface area contributed by atoms with Crippen molar-refractivity contribution < 1.29 is 19.4 Å². The summed E-state index contributed by atoms with van der Waals surface area (Å²) in [5, 5.41) is 12.0. The summed E-state index contributed by atoms with van der Waals surface area (Å²) < 4.78 is 5.23. The Morgan fingerprint density at radius 2 is 1.89 bits per heavy atom. The zero-order valence-electron chi connectivity index (χ0n) is 15.8. The Bertz CT molecular complexity index is 1030. The summed E-state index contributed by atoms with van der Waals surface area (Å²) in [6.07, 6.45) is 0. The van der Waals surface area contributed by atoms with E-state index < -0.39 is 5.97 Å². The Hall–Kier alpha value is -3.19. The van der Waals surface area contributed by atoms with E-state index >= 15 is 0 Å². The summed E-state index contributed by atoms with van der Waals surface area (Å²) in [6, 6.07) is 12.0.